The van der Waals surface area contributed by atoms with Crippen LogP contribution < -0.4 is 4.90 Å². The molecule has 3 aromatic rings. The van der Waals surface area contributed by atoms with E-state index in [4.69, 9.17) is 4.42 Å². The summed E-state index contributed by atoms with van der Waals surface area (Å²) >= 11 is 0. The van der Waals surface area contributed by atoms with Crippen LogP contribution in [-0.2, 0) is 12.0 Å². The first-order valence-electron chi connectivity index (χ1n) is 10.2. The summed E-state index contributed by atoms with van der Waals surface area (Å²) in [5.41, 5.74) is 4.96. The summed E-state index contributed by atoms with van der Waals surface area (Å²) < 4.78 is 30.4. The zero-order valence-corrected chi connectivity index (χ0v) is 16.2. The monoisotopic (exact) mass is 395 g/mol. The van der Waals surface area contributed by atoms with E-state index in [-0.39, 0.29) is 5.89 Å². The molecule has 5 rings (SSSR count). The van der Waals surface area contributed by atoms with Crippen molar-refractivity contribution in [3.8, 4) is 11.5 Å². The molecule has 150 valence electrons. The maximum absolute atomic E-state index is 12.7. The van der Waals surface area contributed by atoms with Crippen molar-refractivity contribution in [2.75, 3.05) is 11.4 Å². The van der Waals surface area contributed by atoms with E-state index in [9.17, 15) is 8.78 Å². The molecule has 2 aromatic carbocycles. The highest BCUT2D eigenvalue weighted by atomic mass is 19.3. The van der Waals surface area contributed by atoms with E-state index in [1.54, 1.807) is 0 Å². The van der Waals surface area contributed by atoms with Crippen LogP contribution in [0.25, 0.3) is 11.5 Å². The second-order valence-electron chi connectivity index (χ2n) is 8.16. The van der Waals surface area contributed by atoms with Crippen LogP contribution in [0, 0.1) is 0 Å². The summed E-state index contributed by atoms with van der Waals surface area (Å²) in [6.07, 6.45) is 3.74. The highest BCUT2D eigenvalue weighted by Crippen LogP contribution is 2.49. The first-order valence-corrected chi connectivity index (χ1v) is 10.2. The van der Waals surface area contributed by atoms with E-state index in [0.29, 0.717) is 11.0 Å². The van der Waals surface area contributed by atoms with Crippen LogP contribution in [0.15, 0.2) is 52.9 Å². The van der Waals surface area contributed by atoms with Crippen molar-refractivity contribution in [2.24, 2.45) is 0 Å². The molecule has 0 radical (unpaired) electrons. The van der Waals surface area contributed by atoms with Gasteiger partial charge in [-0.3, -0.25) is 0 Å². The number of fused-ring (bicyclic) bond motifs is 2. The van der Waals surface area contributed by atoms with Crippen molar-refractivity contribution >= 4 is 5.69 Å². The molecule has 1 saturated carbocycles. The molecule has 0 bridgehead atoms. The number of anilines is 1. The van der Waals surface area contributed by atoms with Gasteiger partial charge in [0.25, 0.3) is 5.89 Å². The number of alkyl halides is 2. The Balaban J connectivity index is 1.36. The molecular formula is C23H23F2N3O. The fourth-order valence-corrected chi connectivity index (χ4v) is 4.94. The first kappa shape index (κ1) is 18.3. The molecule has 0 saturated heterocycles. The summed E-state index contributed by atoms with van der Waals surface area (Å²) in [6, 6.07) is 16.6. The summed E-state index contributed by atoms with van der Waals surface area (Å²) in [7, 11) is 0. The van der Waals surface area contributed by atoms with Crippen molar-refractivity contribution in [2.45, 2.75) is 50.5 Å². The number of hydrogen-bond donors (Lipinski definition) is 0. The molecule has 0 atom stereocenters. The quantitative estimate of drug-likeness (QED) is 0.552. The lowest BCUT2D eigenvalue weighted by Gasteiger charge is -2.34. The molecule has 0 N–H and O–H groups in total. The van der Waals surface area contributed by atoms with Gasteiger partial charge in [0.1, 0.15) is 0 Å². The number of para-hydroxylation sites is 1. The molecule has 1 aromatic heterocycles. The minimum Gasteiger partial charge on any atom is -0.415 e. The smallest absolute Gasteiger partial charge is 0.314 e. The van der Waals surface area contributed by atoms with Crippen molar-refractivity contribution < 1.29 is 13.2 Å². The Morgan fingerprint density at radius 2 is 1.72 bits per heavy atom. The van der Waals surface area contributed by atoms with Crippen LogP contribution in [0.1, 0.15) is 55.5 Å². The largest absolute Gasteiger partial charge is 0.415 e. The third kappa shape index (κ3) is 3.30. The third-order valence-electron chi connectivity index (χ3n) is 6.32. The average molecular weight is 395 g/mol. The van der Waals surface area contributed by atoms with Crippen molar-refractivity contribution in [1.29, 1.82) is 0 Å². The molecule has 29 heavy (non-hydrogen) atoms. The summed E-state index contributed by atoms with van der Waals surface area (Å²) in [5.74, 6) is -0.518. The maximum Gasteiger partial charge on any atom is 0.314 e. The molecule has 1 aliphatic heterocycles. The van der Waals surface area contributed by atoms with Gasteiger partial charge < -0.3 is 9.32 Å². The van der Waals surface area contributed by atoms with Gasteiger partial charge in [0.2, 0.25) is 5.89 Å². The van der Waals surface area contributed by atoms with Gasteiger partial charge in [-0.2, -0.15) is 8.78 Å². The molecule has 0 unspecified atom stereocenters. The number of hydrogen-bond acceptors (Lipinski definition) is 4. The zero-order valence-electron chi connectivity index (χ0n) is 16.2. The molecule has 4 nitrogen and oxygen atoms in total. The molecule has 1 spiro atoms. The van der Waals surface area contributed by atoms with Crippen LogP contribution in [0.5, 0.6) is 0 Å². The van der Waals surface area contributed by atoms with Crippen LogP contribution in [0.4, 0.5) is 14.5 Å². The average Bonchev–Trinajstić information content (AvgIpc) is 3.35. The Kier molecular flexibility index (Phi) is 4.57. The Hall–Kier alpha value is -2.76. The van der Waals surface area contributed by atoms with Crippen molar-refractivity contribution in [1.82, 2.24) is 10.2 Å². The standard InChI is InChI=1S/C23H23F2N3O/c24-20(25)22-27-26-21(29-22)17-10-8-16(9-11-17)14-28-15-23(12-4-1-5-13-23)18-6-2-3-7-19(18)28/h2-3,6-11,20H,1,4-5,12-15H2. The number of rotatable bonds is 4. The lowest BCUT2D eigenvalue weighted by molar-refractivity contribution is 0.116. The summed E-state index contributed by atoms with van der Waals surface area (Å²) in [4.78, 5) is 2.48. The molecule has 0 amide bonds. The van der Waals surface area contributed by atoms with Gasteiger partial charge >= 0.3 is 6.43 Å². The van der Waals surface area contributed by atoms with Gasteiger partial charge in [0, 0.05) is 29.8 Å². The van der Waals surface area contributed by atoms with Gasteiger partial charge in [0.05, 0.1) is 0 Å². The lowest BCUT2D eigenvalue weighted by Crippen LogP contribution is -2.35. The summed E-state index contributed by atoms with van der Waals surface area (Å²) in [6.45, 7) is 1.89. The van der Waals surface area contributed by atoms with Crippen molar-refractivity contribution in [3.05, 3.63) is 65.5 Å². The fourth-order valence-electron chi connectivity index (χ4n) is 4.94. The summed E-state index contributed by atoms with van der Waals surface area (Å²) in [5, 5.41) is 7.12. The number of aromatic nitrogens is 2. The minimum atomic E-state index is -2.75. The van der Waals surface area contributed by atoms with Gasteiger partial charge in [-0.15, -0.1) is 10.2 Å². The van der Waals surface area contributed by atoms with Gasteiger partial charge in [0.15, 0.2) is 0 Å². The van der Waals surface area contributed by atoms with E-state index in [1.165, 1.54) is 48.9 Å². The molecule has 1 fully saturated rings. The van der Waals surface area contributed by atoms with Gasteiger partial charge in [-0.1, -0.05) is 49.6 Å². The minimum absolute atomic E-state index is 0.125. The van der Waals surface area contributed by atoms with Crippen LogP contribution >= 0.6 is 0 Å². The molecule has 2 aliphatic rings. The van der Waals surface area contributed by atoms with Crippen LogP contribution in [-0.4, -0.2) is 16.7 Å². The number of nitrogens with zero attached hydrogens (tertiary/aromatic N) is 3. The van der Waals surface area contributed by atoms with Gasteiger partial charge in [-0.25, -0.2) is 0 Å². The van der Waals surface area contributed by atoms with Crippen molar-refractivity contribution in [3.63, 3.8) is 0 Å². The third-order valence-corrected chi connectivity index (χ3v) is 6.32. The fraction of sp³-hybridized carbons (Fsp3) is 0.391. The van der Waals surface area contributed by atoms with E-state index in [0.717, 1.165) is 13.1 Å². The highest BCUT2D eigenvalue weighted by Gasteiger charge is 2.42. The SMILES string of the molecule is FC(F)c1nnc(-c2ccc(CN3CC4(CCCCC4)c4ccccc43)cc2)o1. The maximum atomic E-state index is 12.7. The van der Waals surface area contributed by atoms with E-state index in [2.05, 4.69) is 39.4 Å². The van der Waals surface area contributed by atoms with E-state index in [1.807, 2.05) is 24.3 Å². The normalized spacial score (nSPS) is 17.8. The Morgan fingerprint density at radius 1 is 0.966 bits per heavy atom. The zero-order chi connectivity index (χ0) is 19.8. The second kappa shape index (κ2) is 7.25. The Morgan fingerprint density at radius 3 is 2.45 bits per heavy atom. The predicted octanol–water partition coefficient (Wildman–Crippen LogP) is 5.90. The molecule has 2 heterocycles. The predicted molar refractivity (Wildman–Crippen MR) is 107 cm³/mol. The molecular weight excluding hydrogens is 372 g/mol. The first-order chi connectivity index (χ1) is 14.1. The molecule has 6 heteroatoms. The molecule has 1 aliphatic carbocycles. The van der Waals surface area contributed by atoms with Gasteiger partial charge in [-0.05, 0) is 42.2 Å². The van der Waals surface area contributed by atoms with E-state index >= 15 is 0 Å². The highest BCUT2D eigenvalue weighted by molar-refractivity contribution is 5.63. The lowest BCUT2D eigenvalue weighted by atomic mass is 9.71. The Bertz CT molecular complexity index is 993. The Labute approximate surface area is 168 Å². The number of benzene rings is 2. The van der Waals surface area contributed by atoms with E-state index < -0.39 is 12.3 Å². The van der Waals surface area contributed by atoms with Crippen LogP contribution in [0.2, 0.25) is 0 Å². The topological polar surface area (TPSA) is 42.2 Å². The second-order valence-corrected chi connectivity index (χ2v) is 8.16. The number of halogens is 2. The van der Waals surface area contributed by atoms with Crippen LogP contribution in [0.3, 0.4) is 0 Å².